The largest absolute Gasteiger partial charge is 0.377 e. The Balaban J connectivity index is 0.000000280. The zero-order chi connectivity index (χ0) is 88.0. The van der Waals surface area contributed by atoms with Crippen molar-refractivity contribution in [1.29, 1.82) is 0 Å². The number of hydrogen-bond donors (Lipinski definition) is 0. The zero-order valence-electron chi connectivity index (χ0n) is 77.1. The van der Waals surface area contributed by atoms with Crippen molar-refractivity contribution in [3.8, 4) is 0 Å². The lowest BCUT2D eigenvalue weighted by atomic mass is 9.74. The van der Waals surface area contributed by atoms with Crippen LogP contribution in [0.3, 0.4) is 0 Å². The molecule has 622 valence electrons. The topological polar surface area (TPSA) is 133 Å². The summed E-state index contributed by atoms with van der Waals surface area (Å²) >= 11 is 0. The lowest BCUT2D eigenvalue weighted by Crippen LogP contribution is -2.19. The van der Waals surface area contributed by atoms with Crippen molar-refractivity contribution in [2.24, 2.45) is 5.41 Å². The van der Waals surface area contributed by atoms with E-state index in [9.17, 15) is 30.3 Å². The molecule has 0 atom stereocenters. The summed E-state index contributed by atoms with van der Waals surface area (Å²) in [6.07, 6.45) is 4.39. The minimum absolute atomic E-state index is 0.0507. The summed E-state index contributed by atoms with van der Waals surface area (Å²) in [5.41, 5.74) is 18.0. The van der Waals surface area contributed by atoms with Crippen molar-refractivity contribution in [1.82, 2.24) is 0 Å². The van der Waals surface area contributed by atoms with Gasteiger partial charge in [0.05, 0.1) is 20.8 Å². The lowest BCUT2D eigenvalue weighted by Gasteiger charge is -2.31. The molecule has 0 aliphatic rings. The summed E-state index contributed by atoms with van der Waals surface area (Å²) < 4.78 is 0. The Morgan fingerprint density at radius 3 is 1.16 bits per heavy atom. The Morgan fingerprint density at radius 2 is 0.724 bits per heavy atom. The molecule has 10 nitrogen and oxygen atoms in total. The van der Waals surface area contributed by atoms with Gasteiger partial charge < -0.3 is 4.90 Å². The molecule has 0 N–H and O–H groups in total. The third kappa shape index (κ3) is 31.2. The van der Waals surface area contributed by atoms with Crippen molar-refractivity contribution in [3.63, 3.8) is 0 Å². The van der Waals surface area contributed by atoms with Crippen LogP contribution in [0.2, 0.25) is 0 Å². The molecule has 11 aromatic carbocycles. The summed E-state index contributed by atoms with van der Waals surface area (Å²) in [7, 11) is 4.19. The second kappa shape index (κ2) is 41.7. The molecule has 0 fully saturated rings. The Morgan fingerprint density at radius 1 is 0.328 bits per heavy atom. The highest BCUT2D eigenvalue weighted by Gasteiger charge is 2.29. The molecule has 0 saturated carbocycles. The first kappa shape index (κ1) is 98.3. The fraction of sp³-hybridized carbons (Fsp3) is 0.415. The fourth-order valence-electron chi connectivity index (χ4n) is 13.2. The molecule has 11 rings (SSSR count). The summed E-state index contributed by atoms with van der Waals surface area (Å²) in [6.45, 7) is 68.3. The van der Waals surface area contributed by atoms with Crippen LogP contribution in [0.15, 0.2) is 237 Å². The highest BCUT2D eigenvalue weighted by Crippen LogP contribution is 2.41. The molecule has 11 aromatic rings. The van der Waals surface area contributed by atoms with Crippen LogP contribution < -0.4 is 4.90 Å². The molecule has 0 aliphatic carbocycles. The minimum atomic E-state index is -0.639. The summed E-state index contributed by atoms with van der Waals surface area (Å²) in [5.74, 6) is 1.78. The molecule has 0 aromatic heterocycles. The molecule has 0 bridgehead atoms. The Kier molecular flexibility index (Phi) is 35.3. The molecule has 0 radical (unpaired) electrons. The number of anilines is 1. The molecule has 10 heteroatoms. The van der Waals surface area contributed by atoms with E-state index in [1.807, 2.05) is 26.8 Å². The molecule has 0 unspecified atom stereocenters. The van der Waals surface area contributed by atoms with Gasteiger partial charge in [-0.2, -0.15) is 0 Å². The van der Waals surface area contributed by atoms with E-state index in [4.69, 9.17) is 0 Å². The van der Waals surface area contributed by atoms with E-state index in [-0.39, 0.29) is 59.9 Å². The first-order valence-electron chi connectivity index (χ1n) is 41.2. The third-order valence-corrected chi connectivity index (χ3v) is 19.9. The van der Waals surface area contributed by atoms with Gasteiger partial charge in [-0.15, -0.1) is 0 Å². The summed E-state index contributed by atoms with van der Waals surface area (Å²) in [4.78, 5) is 32.3. The number of rotatable bonds is 8. The number of allylic oxidation sites excluding steroid dienone is 1. The van der Waals surface area contributed by atoms with Crippen LogP contribution in [0.1, 0.15) is 292 Å². The molecule has 0 saturated heterocycles. The average molecular weight is 1570 g/mol. The van der Waals surface area contributed by atoms with Gasteiger partial charge in [-0.25, -0.2) is 0 Å². The number of nitrogens with zero attached hydrogens (tertiary/aromatic N) is 4. The highest BCUT2D eigenvalue weighted by molar-refractivity contribution is 5.97. The van der Waals surface area contributed by atoms with E-state index in [0.29, 0.717) is 23.3 Å². The molecular formula is C106H142N4O6. The van der Waals surface area contributed by atoms with Crippen molar-refractivity contribution in [2.45, 2.75) is 270 Å². The van der Waals surface area contributed by atoms with Crippen molar-refractivity contribution in [2.75, 3.05) is 19.0 Å². The van der Waals surface area contributed by atoms with Crippen LogP contribution in [0.5, 0.6) is 0 Å². The van der Waals surface area contributed by atoms with Crippen molar-refractivity contribution in [3.05, 3.63) is 334 Å². The number of benzene rings is 11. The maximum Gasteiger partial charge on any atom is 0.279 e. The van der Waals surface area contributed by atoms with E-state index in [2.05, 4.69) is 407 Å². The molecule has 116 heavy (non-hydrogen) atoms. The van der Waals surface area contributed by atoms with Crippen LogP contribution in [-0.4, -0.2) is 28.9 Å². The standard InChI is InChI=1S/C19H32.C16H21N.2C14H16.C12H16.C11H16.C10H12N2O4.C10H13NO2/c1-12(2)15-10-16(13(3)4)18(19(7,8)9)17(11-15)14(5)6;1-16(2,3)14-10-6-9-13-12(14)8-7-11-15(13)17(4)5;1-14(2,3)13-10-6-8-11-7-4-5-9-12(11)13;1-14(2,3)13-9-8-11-6-4-5-7-12(11)10-13;1-12(2,3)10-9-11-7-5-4-6-8-11;1-9-5-7-10(8-6-9)11(2,3)4;1-10(2,3)8-5-4-7(11(13)14)6-9(8)12(15)16;1-10(2,3)8-4-6-9(7-5-8)11(12)13/h10-14H,1-9H3;6-11H,1-5H3;2*4-10H,1-3H3;4-10H,1-3H3;5-8H,1-4H3;4-6H,1-3H3;4-7H,1-3H3/b;;;;10-9+;;;. The molecule has 0 heterocycles. The van der Waals surface area contributed by atoms with Gasteiger partial charge in [0.25, 0.3) is 17.1 Å². The molecule has 0 spiro atoms. The molecule has 0 amide bonds. The first-order chi connectivity index (χ1) is 53.3. The second-order valence-corrected chi connectivity index (χ2v) is 39.9. The van der Waals surface area contributed by atoms with Gasteiger partial charge in [0, 0.05) is 48.9 Å². The zero-order valence-corrected chi connectivity index (χ0v) is 77.1. The second-order valence-electron chi connectivity index (χ2n) is 39.9. The number of hydrogen-bond acceptors (Lipinski definition) is 7. The number of nitro groups is 3. The molecular weight excluding hydrogens is 1430 g/mol. The normalized spacial score (nSPS) is 11.9. The smallest absolute Gasteiger partial charge is 0.279 e. The number of fused-ring (bicyclic) bond motifs is 3. The van der Waals surface area contributed by atoms with E-state index >= 15 is 0 Å². The van der Waals surface area contributed by atoms with E-state index in [1.54, 1.807) is 41.0 Å². The van der Waals surface area contributed by atoms with E-state index < -0.39 is 15.3 Å². The monoisotopic (exact) mass is 1570 g/mol. The van der Waals surface area contributed by atoms with Crippen LogP contribution in [0.4, 0.5) is 22.7 Å². The van der Waals surface area contributed by atoms with Gasteiger partial charge in [-0.3, -0.25) is 30.3 Å². The fourth-order valence-corrected chi connectivity index (χ4v) is 13.2. The Labute approximate surface area is 700 Å². The van der Waals surface area contributed by atoms with Gasteiger partial charge in [-0.1, -0.05) is 420 Å². The highest BCUT2D eigenvalue weighted by atomic mass is 16.6. The maximum atomic E-state index is 10.8. The third-order valence-electron chi connectivity index (χ3n) is 19.9. The number of non-ortho nitro benzene ring substituents is 2. The lowest BCUT2D eigenvalue weighted by molar-refractivity contribution is -0.394. The Bertz CT molecular complexity index is 4950. The van der Waals surface area contributed by atoms with Crippen molar-refractivity contribution >= 4 is 61.1 Å². The predicted octanol–water partition coefficient (Wildman–Crippen LogP) is 31.6. The van der Waals surface area contributed by atoms with Gasteiger partial charge in [-0.05, 0) is 163 Å². The van der Waals surface area contributed by atoms with Crippen LogP contribution in [-0.2, 0) is 37.9 Å². The van der Waals surface area contributed by atoms with Gasteiger partial charge in [0.15, 0.2) is 0 Å². The predicted molar refractivity (Wildman–Crippen MR) is 505 cm³/mol. The van der Waals surface area contributed by atoms with E-state index in [1.165, 1.54) is 89.1 Å². The maximum absolute atomic E-state index is 10.8. The number of nitro benzene ring substituents is 3. The first-order valence-corrected chi connectivity index (χ1v) is 41.2. The Hall–Kier alpha value is -10.1. The van der Waals surface area contributed by atoms with Crippen LogP contribution in [0, 0.1) is 42.7 Å². The SMILES string of the molecule is CC(C)(C)/C=C/c1ccccc1.CC(C)(C)c1ccc([N+](=O)[O-])cc1.CC(C)(C)c1ccc([N+](=O)[O-])cc1[N+](=O)[O-].CC(C)(C)c1ccc2ccccc2c1.CC(C)(C)c1cccc2ccccc12.CC(C)c1cc(C(C)C)c(C(C)(C)C)c(C(C)C)c1.CN(C)c1cccc2c(C(C)(C)C)cccc12.Cc1ccc(C(C)(C)C)cc1. The van der Waals surface area contributed by atoms with Gasteiger partial charge >= 0.3 is 0 Å². The quantitative estimate of drug-likeness (QED) is 0.109. The van der Waals surface area contributed by atoms with E-state index in [0.717, 1.165) is 11.6 Å². The number of aryl methyl sites for hydroxylation is 1. The summed E-state index contributed by atoms with van der Waals surface area (Å²) in [6, 6.07) is 77.9. The average Bonchev–Trinajstić information content (AvgIpc) is 0.783. The van der Waals surface area contributed by atoms with Crippen LogP contribution in [0.25, 0.3) is 38.4 Å². The summed E-state index contributed by atoms with van der Waals surface area (Å²) in [5, 5.41) is 39.8. The minimum Gasteiger partial charge on any atom is -0.377 e. The van der Waals surface area contributed by atoms with Gasteiger partial charge in [0.1, 0.15) is 0 Å². The van der Waals surface area contributed by atoms with Crippen molar-refractivity contribution < 1.29 is 14.8 Å². The molecule has 0 aliphatic heterocycles. The van der Waals surface area contributed by atoms with Gasteiger partial charge in [0.2, 0.25) is 0 Å². The van der Waals surface area contributed by atoms with Crippen LogP contribution >= 0.6 is 0 Å².